The highest BCUT2D eigenvalue weighted by Crippen LogP contribution is 2.11. The van der Waals surface area contributed by atoms with Crippen LogP contribution in [0.1, 0.15) is 18.1 Å². The van der Waals surface area contributed by atoms with E-state index in [9.17, 15) is 4.39 Å². The third-order valence-corrected chi connectivity index (χ3v) is 1.67. The maximum absolute atomic E-state index is 12.9. The van der Waals surface area contributed by atoms with Crippen molar-refractivity contribution in [3.8, 4) is 11.8 Å². The lowest BCUT2D eigenvalue weighted by Gasteiger charge is -2.01. The second-order valence-electron chi connectivity index (χ2n) is 2.48. The second kappa shape index (κ2) is 3.92. The van der Waals surface area contributed by atoms with Crippen LogP contribution in [0.15, 0.2) is 18.2 Å². The summed E-state index contributed by atoms with van der Waals surface area (Å²) < 4.78 is 12.9. The zero-order valence-electron chi connectivity index (χ0n) is 7.02. The number of benzene rings is 1. The van der Waals surface area contributed by atoms with Crippen LogP contribution in [0.2, 0.25) is 0 Å². The van der Waals surface area contributed by atoms with Gasteiger partial charge in [0.2, 0.25) is 0 Å². The van der Waals surface area contributed by atoms with Crippen LogP contribution in [0.3, 0.4) is 0 Å². The summed E-state index contributed by atoms with van der Waals surface area (Å²) in [6, 6.07) is 4.93. The largest absolute Gasteiger partial charge is 0.207 e. The van der Waals surface area contributed by atoms with Crippen LogP contribution in [0, 0.1) is 24.6 Å². The summed E-state index contributed by atoms with van der Waals surface area (Å²) in [6.45, 7) is 5.40. The van der Waals surface area contributed by atoms with Gasteiger partial charge in [0.1, 0.15) is 5.82 Å². The predicted molar refractivity (Wildman–Crippen MR) is 48.0 cm³/mol. The first-order valence-corrected chi connectivity index (χ1v) is 3.74. The third-order valence-electron chi connectivity index (χ3n) is 1.67. The average molecular weight is 161 g/mol. The molecule has 0 fully saturated rings. The maximum Gasteiger partial charge on any atom is 0.126 e. The van der Waals surface area contributed by atoms with Crippen LogP contribution in [-0.2, 0) is 6.42 Å². The molecule has 1 aromatic rings. The molecule has 0 N–H and O–H groups in total. The lowest BCUT2D eigenvalue weighted by molar-refractivity contribution is 0.621. The summed E-state index contributed by atoms with van der Waals surface area (Å²) >= 11 is 0. The molecule has 1 radical (unpaired) electrons. The summed E-state index contributed by atoms with van der Waals surface area (Å²) in [5.74, 6) is 5.38. The highest BCUT2D eigenvalue weighted by molar-refractivity contribution is 5.33. The molecule has 0 aliphatic rings. The molecule has 0 unspecified atom stereocenters. The Bertz CT molecular complexity index is 329. The first-order chi connectivity index (χ1) is 5.75. The molecule has 0 bridgehead atoms. The van der Waals surface area contributed by atoms with Crippen molar-refractivity contribution in [3.63, 3.8) is 0 Å². The highest BCUT2D eigenvalue weighted by Gasteiger charge is 2.00. The van der Waals surface area contributed by atoms with E-state index in [0.29, 0.717) is 12.0 Å². The van der Waals surface area contributed by atoms with E-state index < -0.39 is 0 Å². The van der Waals surface area contributed by atoms with Crippen molar-refractivity contribution in [1.82, 2.24) is 0 Å². The van der Waals surface area contributed by atoms with Crippen LogP contribution in [-0.4, -0.2) is 0 Å². The SMILES string of the molecule is [CH2]c1c(F)cccc1CC#CC. The van der Waals surface area contributed by atoms with E-state index in [1.54, 1.807) is 13.0 Å². The third kappa shape index (κ3) is 1.85. The zero-order valence-corrected chi connectivity index (χ0v) is 7.02. The Hall–Kier alpha value is -1.29. The molecule has 1 aromatic carbocycles. The van der Waals surface area contributed by atoms with E-state index in [1.165, 1.54) is 6.07 Å². The molecule has 0 amide bonds. The number of hydrogen-bond donors (Lipinski definition) is 0. The van der Waals surface area contributed by atoms with Crippen molar-refractivity contribution < 1.29 is 4.39 Å². The first-order valence-electron chi connectivity index (χ1n) is 3.74. The van der Waals surface area contributed by atoms with E-state index >= 15 is 0 Å². The molecule has 1 heteroatoms. The van der Waals surface area contributed by atoms with Gasteiger partial charge in [-0.1, -0.05) is 18.1 Å². The number of rotatable bonds is 1. The fourth-order valence-electron chi connectivity index (χ4n) is 0.953. The Balaban J connectivity index is 2.97. The molecular formula is C11H10F. The maximum atomic E-state index is 12.9. The molecule has 0 heterocycles. The molecule has 61 valence electrons. The topological polar surface area (TPSA) is 0 Å². The van der Waals surface area contributed by atoms with Gasteiger partial charge in [0.05, 0.1) is 0 Å². The Morgan fingerprint density at radius 2 is 2.25 bits per heavy atom. The van der Waals surface area contributed by atoms with Gasteiger partial charge in [-0.05, 0) is 31.0 Å². The van der Waals surface area contributed by atoms with Crippen LogP contribution in [0.5, 0.6) is 0 Å². The van der Waals surface area contributed by atoms with Gasteiger partial charge in [0, 0.05) is 6.42 Å². The van der Waals surface area contributed by atoms with Gasteiger partial charge in [-0.3, -0.25) is 0 Å². The summed E-state index contributed by atoms with van der Waals surface area (Å²) in [6.07, 6.45) is 0.576. The molecular weight excluding hydrogens is 151 g/mol. The van der Waals surface area contributed by atoms with Gasteiger partial charge in [0.25, 0.3) is 0 Å². The second-order valence-corrected chi connectivity index (χ2v) is 2.48. The van der Waals surface area contributed by atoms with Crippen molar-refractivity contribution in [2.75, 3.05) is 0 Å². The van der Waals surface area contributed by atoms with Crippen molar-refractivity contribution in [1.29, 1.82) is 0 Å². The standard InChI is InChI=1S/C11H10F/c1-3-4-6-10-7-5-8-11(12)9(10)2/h5,7-8H,2,6H2,1H3. The van der Waals surface area contributed by atoms with E-state index in [4.69, 9.17) is 0 Å². The van der Waals surface area contributed by atoms with E-state index in [0.717, 1.165) is 5.56 Å². The van der Waals surface area contributed by atoms with Gasteiger partial charge < -0.3 is 0 Å². The molecule has 1 rings (SSSR count). The molecule has 0 aliphatic heterocycles. The molecule has 0 aromatic heterocycles. The Kier molecular flexibility index (Phi) is 2.88. The zero-order chi connectivity index (χ0) is 8.97. The van der Waals surface area contributed by atoms with E-state index in [2.05, 4.69) is 18.8 Å². The molecule has 0 aliphatic carbocycles. The van der Waals surface area contributed by atoms with Gasteiger partial charge in [-0.15, -0.1) is 5.92 Å². The first kappa shape index (κ1) is 8.80. The summed E-state index contributed by atoms with van der Waals surface area (Å²) in [4.78, 5) is 0. The van der Waals surface area contributed by atoms with Gasteiger partial charge in [-0.25, -0.2) is 4.39 Å². The van der Waals surface area contributed by atoms with Gasteiger partial charge >= 0.3 is 0 Å². The van der Waals surface area contributed by atoms with E-state index in [-0.39, 0.29) is 5.82 Å². The number of halogens is 1. The van der Waals surface area contributed by atoms with Crippen molar-refractivity contribution in [2.45, 2.75) is 13.3 Å². The molecule has 0 nitrogen and oxygen atoms in total. The molecule has 12 heavy (non-hydrogen) atoms. The average Bonchev–Trinajstić information content (AvgIpc) is 2.08. The minimum Gasteiger partial charge on any atom is -0.207 e. The summed E-state index contributed by atoms with van der Waals surface area (Å²) in [7, 11) is 0. The molecule has 0 saturated heterocycles. The van der Waals surface area contributed by atoms with Crippen molar-refractivity contribution >= 4 is 0 Å². The summed E-state index contributed by atoms with van der Waals surface area (Å²) in [5, 5.41) is 0. The fraction of sp³-hybridized carbons (Fsp3) is 0.182. The summed E-state index contributed by atoms with van der Waals surface area (Å²) in [5.41, 5.74) is 1.32. The van der Waals surface area contributed by atoms with E-state index in [1.807, 2.05) is 6.07 Å². The quantitative estimate of drug-likeness (QED) is 0.555. The fourth-order valence-corrected chi connectivity index (χ4v) is 0.953. The smallest absolute Gasteiger partial charge is 0.126 e. The van der Waals surface area contributed by atoms with Crippen LogP contribution in [0.25, 0.3) is 0 Å². The van der Waals surface area contributed by atoms with Crippen molar-refractivity contribution in [3.05, 3.63) is 42.1 Å². The molecule has 0 spiro atoms. The molecule has 0 saturated carbocycles. The Morgan fingerprint density at radius 3 is 2.92 bits per heavy atom. The lowest BCUT2D eigenvalue weighted by atomic mass is 10.1. The van der Waals surface area contributed by atoms with Crippen LogP contribution < -0.4 is 0 Å². The minimum atomic E-state index is -0.259. The monoisotopic (exact) mass is 161 g/mol. The normalized spacial score (nSPS) is 8.92. The van der Waals surface area contributed by atoms with Crippen molar-refractivity contribution in [2.24, 2.45) is 0 Å². The van der Waals surface area contributed by atoms with Crippen LogP contribution >= 0.6 is 0 Å². The van der Waals surface area contributed by atoms with Gasteiger partial charge in [-0.2, -0.15) is 0 Å². The number of hydrogen-bond acceptors (Lipinski definition) is 0. The Labute approximate surface area is 72.4 Å². The minimum absolute atomic E-state index is 0.259. The lowest BCUT2D eigenvalue weighted by Crippen LogP contribution is -1.90. The highest BCUT2D eigenvalue weighted by atomic mass is 19.1. The van der Waals surface area contributed by atoms with Gasteiger partial charge in [0.15, 0.2) is 0 Å². The Morgan fingerprint density at radius 1 is 1.50 bits per heavy atom. The van der Waals surface area contributed by atoms with Crippen LogP contribution in [0.4, 0.5) is 4.39 Å². The molecule has 0 atom stereocenters. The predicted octanol–water partition coefficient (Wildman–Crippen LogP) is 2.57.